The molecule has 2 atom stereocenters. The summed E-state index contributed by atoms with van der Waals surface area (Å²) in [4.78, 5) is 2.08. The van der Waals surface area contributed by atoms with Crippen molar-refractivity contribution in [2.45, 2.75) is 26.3 Å². The van der Waals surface area contributed by atoms with Crippen molar-refractivity contribution < 1.29 is 8.42 Å². The van der Waals surface area contributed by atoms with Gasteiger partial charge in [0, 0.05) is 38.4 Å². The molecule has 2 rings (SSSR count). The lowest BCUT2D eigenvalue weighted by Gasteiger charge is -2.28. The molecule has 1 aliphatic heterocycles. The van der Waals surface area contributed by atoms with Crippen molar-refractivity contribution in [3.63, 3.8) is 0 Å². The van der Waals surface area contributed by atoms with Gasteiger partial charge in [0.25, 0.3) is 10.2 Å². The van der Waals surface area contributed by atoms with Crippen LogP contribution in [0.3, 0.4) is 0 Å². The Balaban J connectivity index is 1.90. The number of nitrogens with zero attached hydrogens (tertiary/aromatic N) is 2. The molecule has 1 aromatic rings. The number of rotatable bonds is 6. The minimum absolute atomic E-state index is 0.0854. The summed E-state index contributed by atoms with van der Waals surface area (Å²) < 4.78 is 28.8. The van der Waals surface area contributed by atoms with Crippen LogP contribution in [0.15, 0.2) is 30.3 Å². The van der Waals surface area contributed by atoms with E-state index in [1.54, 1.807) is 4.31 Å². The monoisotopic (exact) mass is 311 g/mol. The average Bonchev–Trinajstić information content (AvgIpc) is 2.92. The van der Waals surface area contributed by atoms with Crippen molar-refractivity contribution in [2.24, 2.45) is 5.92 Å². The van der Waals surface area contributed by atoms with Crippen LogP contribution in [0.25, 0.3) is 0 Å². The summed E-state index contributed by atoms with van der Waals surface area (Å²) in [5.41, 5.74) is 1.08. The van der Waals surface area contributed by atoms with E-state index in [-0.39, 0.29) is 6.04 Å². The second kappa shape index (κ2) is 6.77. The molecular formula is C15H25N3O2S. The highest BCUT2D eigenvalue weighted by Gasteiger charge is 2.29. The van der Waals surface area contributed by atoms with Crippen molar-refractivity contribution >= 4 is 15.9 Å². The van der Waals surface area contributed by atoms with Crippen LogP contribution in [0.1, 0.15) is 20.3 Å². The van der Waals surface area contributed by atoms with E-state index in [0.29, 0.717) is 25.6 Å². The standard InChI is InChI=1S/C15H25N3O2S/c1-13-9-10-18(12-13)21(19,20)16-11-14(2)17(3)15-7-5-4-6-8-15/h4-8,13-14,16H,9-12H2,1-3H3/t13-,14-/m0/s1. The molecule has 0 spiro atoms. The Kier molecular flexibility index (Phi) is 5.24. The number of anilines is 1. The Morgan fingerprint density at radius 2 is 2.05 bits per heavy atom. The lowest BCUT2D eigenvalue weighted by molar-refractivity contribution is 0.450. The number of nitrogens with one attached hydrogen (secondary N) is 1. The molecule has 0 bridgehead atoms. The van der Waals surface area contributed by atoms with Crippen LogP contribution >= 0.6 is 0 Å². The van der Waals surface area contributed by atoms with Gasteiger partial charge in [-0.15, -0.1) is 0 Å². The van der Waals surface area contributed by atoms with E-state index in [4.69, 9.17) is 0 Å². The zero-order valence-electron chi connectivity index (χ0n) is 13.0. The predicted molar refractivity (Wildman–Crippen MR) is 86.6 cm³/mol. The molecule has 0 radical (unpaired) electrons. The normalized spacial score (nSPS) is 21.4. The summed E-state index contributed by atoms with van der Waals surface area (Å²) in [7, 11) is -1.37. The quantitative estimate of drug-likeness (QED) is 0.870. The van der Waals surface area contributed by atoms with Gasteiger partial charge in [-0.05, 0) is 31.4 Å². The SMILES string of the molecule is C[C@H]1CCN(S(=O)(=O)NC[C@H](C)N(C)c2ccccc2)C1. The minimum atomic E-state index is -3.35. The first kappa shape index (κ1) is 16.3. The molecule has 118 valence electrons. The average molecular weight is 311 g/mol. The summed E-state index contributed by atoms with van der Waals surface area (Å²) >= 11 is 0. The zero-order chi connectivity index (χ0) is 15.5. The van der Waals surface area contributed by atoms with Gasteiger partial charge < -0.3 is 4.90 Å². The highest BCUT2D eigenvalue weighted by Crippen LogP contribution is 2.18. The van der Waals surface area contributed by atoms with Gasteiger partial charge in [0.05, 0.1) is 0 Å². The summed E-state index contributed by atoms with van der Waals surface area (Å²) in [5.74, 6) is 0.450. The van der Waals surface area contributed by atoms with Crippen molar-refractivity contribution in [1.29, 1.82) is 0 Å². The van der Waals surface area contributed by atoms with Gasteiger partial charge in [0.1, 0.15) is 0 Å². The van der Waals surface area contributed by atoms with Gasteiger partial charge >= 0.3 is 0 Å². The maximum Gasteiger partial charge on any atom is 0.279 e. The fraction of sp³-hybridized carbons (Fsp3) is 0.600. The van der Waals surface area contributed by atoms with Crippen LogP contribution < -0.4 is 9.62 Å². The van der Waals surface area contributed by atoms with E-state index in [0.717, 1.165) is 12.1 Å². The van der Waals surface area contributed by atoms with Gasteiger partial charge in [-0.25, -0.2) is 4.72 Å². The van der Waals surface area contributed by atoms with Crippen LogP contribution in [0, 0.1) is 5.92 Å². The summed E-state index contributed by atoms with van der Waals surface area (Å²) in [6, 6.07) is 10.1. The van der Waals surface area contributed by atoms with Crippen LogP contribution in [0.4, 0.5) is 5.69 Å². The molecule has 5 nitrogen and oxygen atoms in total. The summed E-state index contributed by atoms with van der Waals surface area (Å²) in [6.45, 7) is 5.75. The second-order valence-corrected chi connectivity index (χ2v) is 7.66. The fourth-order valence-electron chi connectivity index (χ4n) is 2.48. The topological polar surface area (TPSA) is 52.7 Å². The molecule has 0 saturated carbocycles. The first-order valence-corrected chi connectivity index (χ1v) is 8.87. The van der Waals surface area contributed by atoms with E-state index in [9.17, 15) is 8.42 Å². The van der Waals surface area contributed by atoms with Gasteiger partial charge in [-0.3, -0.25) is 0 Å². The largest absolute Gasteiger partial charge is 0.371 e. The highest BCUT2D eigenvalue weighted by molar-refractivity contribution is 7.87. The van der Waals surface area contributed by atoms with Crippen LogP contribution in [-0.4, -0.2) is 45.4 Å². The molecule has 1 aliphatic rings. The second-order valence-electron chi connectivity index (χ2n) is 5.90. The van der Waals surface area contributed by atoms with E-state index in [1.165, 1.54) is 0 Å². The smallest absolute Gasteiger partial charge is 0.279 e. The molecule has 0 aliphatic carbocycles. The van der Waals surface area contributed by atoms with E-state index in [1.807, 2.05) is 44.3 Å². The Labute approximate surface area is 128 Å². The number of para-hydroxylation sites is 1. The third-order valence-electron chi connectivity index (χ3n) is 4.11. The van der Waals surface area contributed by atoms with Gasteiger partial charge in [-0.1, -0.05) is 25.1 Å². The van der Waals surface area contributed by atoms with Crippen molar-refractivity contribution in [3.8, 4) is 0 Å². The molecule has 1 heterocycles. The lowest BCUT2D eigenvalue weighted by Crippen LogP contribution is -2.45. The third-order valence-corrected chi connectivity index (χ3v) is 5.66. The molecular weight excluding hydrogens is 286 g/mol. The minimum Gasteiger partial charge on any atom is -0.371 e. The molecule has 21 heavy (non-hydrogen) atoms. The van der Waals surface area contributed by atoms with E-state index in [2.05, 4.69) is 16.5 Å². The molecule has 6 heteroatoms. The molecule has 1 fully saturated rings. The van der Waals surface area contributed by atoms with Crippen molar-refractivity contribution in [2.75, 3.05) is 31.6 Å². The maximum atomic E-state index is 12.2. The summed E-state index contributed by atoms with van der Waals surface area (Å²) in [5, 5.41) is 0. The molecule has 0 unspecified atom stereocenters. The molecule has 0 aromatic heterocycles. The van der Waals surface area contributed by atoms with E-state index < -0.39 is 10.2 Å². The van der Waals surface area contributed by atoms with Crippen LogP contribution in [0.5, 0.6) is 0 Å². The highest BCUT2D eigenvalue weighted by atomic mass is 32.2. The number of hydrogen-bond donors (Lipinski definition) is 1. The van der Waals surface area contributed by atoms with Crippen LogP contribution in [-0.2, 0) is 10.2 Å². The maximum absolute atomic E-state index is 12.2. The third kappa shape index (κ3) is 4.18. The van der Waals surface area contributed by atoms with Crippen molar-refractivity contribution in [1.82, 2.24) is 9.03 Å². The Bertz CT molecular complexity index is 547. The first-order chi connectivity index (χ1) is 9.90. The van der Waals surface area contributed by atoms with Gasteiger partial charge in [0.2, 0.25) is 0 Å². The zero-order valence-corrected chi connectivity index (χ0v) is 13.8. The number of benzene rings is 1. The predicted octanol–water partition coefficient (Wildman–Crippen LogP) is 1.69. The van der Waals surface area contributed by atoms with Gasteiger partial charge in [0.15, 0.2) is 0 Å². The fourth-order valence-corrected chi connectivity index (χ4v) is 3.92. The summed E-state index contributed by atoms with van der Waals surface area (Å²) in [6.07, 6.45) is 0.945. The Hall–Kier alpha value is -1.11. The van der Waals surface area contributed by atoms with Crippen LogP contribution in [0.2, 0.25) is 0 Å². The first-order valence-electron chi connectivity index (χ1n) is 7.43. The van der Waals surface area contributed by atoms with E-state index >= 15 is 0 Å². The molecule has 1 saturated heterocycles. The van der Waals surface area contributed by atoms with Gasteiger partial charge in [-0.2, -0.15) is 12.7 Å². The van der Waals surface area contributed by atoms with Crippen molar-refractivity contribution in [3.05, 3.63) is 30.3 Å². The molecule has 1 aromatic carbocycles. The lowest BCUT2D eigenvalue weighted by atomic mass is 10.2. The Morgan fingerprint density at radius 1 is 1.38 bits per heavy atom. The number of likely N-dealkylation sites (N-methyl/N-ethyl adjacent to an activating group) is 1. The molecule has 1 N–H and O–H groups in total. The Morgan fingerprint density at radius 3 is 2.62 bits per heavy atom. The molecule has 0 amide bonds. The number of hydrogen-bond acceptors (Lipinski definition) is 3.